The molecule has 0 atom stereocenters. The highest BCUT2D eigenvalue weighted by Gasteiger charge is 2.10. The van der Waals surface area contributed by atoms with Crippen molar-refractivity contribution >= 4 is 34.5 Å². The normalized spacial score (nSPS) is 11.9. The minimum absolute atomic E-state index is 0.557. The third-order valence-corrected chi connectivity index (χ3v) is 4.96. The van der Waals surface area contributed by atoms with Crippen LogP contribution in [0.2, 0.25) is 0 Å². The van der Waals surface area contributed by atoms with Gasteiger partial charge in [0.05, 0.1) is 16.9 Å². The summed E-state index contributed by atoms with van der Waals surface area (Å²) in [6.45, 7) is 0. The number of benzene rings is 2. The van der Waals surface area contributed by atoms with E-state index in [0.717, 1.165) is 27.9 Å². The number of hydrogen-bond acceptors (Lipinski definition) is 3. The number of nitrogens with zero attached hydrogens (tertiary/aromatic N) is 4. The van der Waals surface area contributed by atoms with E-state index in [2.05, 4.69) is 12.1 Å². The summed E-state index contributed by atoms with van der Waals surface area (Å²) < 4.78 is 4.55. The van der Waals surface area contributed by atoms with Crippen LogP contribution >= 0.6 is 12.2 Å². The van der Waals surface area contributed by atoms with Gasteiger partial charge in [-0.3, -0.25) is 8.97 Å². The van der Waals surface area contributed by atoms with Gasteiger partial charge >= 0.3 is 0 Å². The highest BCUT2D eigenvalue weighted by atomic mass is 32.1. The van der Waals surface area contributed by atoms with Gasteiger partial charge in [0, 0.05) is 5.39 Å². The molecule has 0 unspecified atom stereocenters. The van der Waals surface area contributed by atoms with Crippen LogP contribution in [0, 0.1) is 4.77 Å². The smallest absolute Gasteiger partial charge is 0.239 e. The lowest BCUT2D eigenvalue weighted by atomic mass is 10.3. The molecule has 5 heteroatoms. The fourth-order valence-electron chi connectivity index (χ4n) is 3.32. The first-order valence-corrected chi connectivity index (χ1v) is 9.41. The highest BCUT2D eigenvalue weighted by Crippen LogP contribution is 2.19. The quantitative estimate of drug-likeness (QED) is 0.393. The van der Waals surface area contributed by atoms with Crippen LogP contribution in [-0.2, 0) is 0 Å². The van der Waals surface area contributed by atoms with Crippen molar-refractivity contribution in [1.29, 1.82) is 0 Å². The van der Waals surface area contributed by atoms with Gasteiger partial charge < -0.3 is 0 Å². The molecule has 5 rings (SSSR count). The summed E-state index contributed by atoms with van der Waals surface area (Å²) in [5, 5.41) is 1.08. The van der Waals surface area contributed by atoms with Crippen LogP contribution in [0.5, 0.6) is 0 Å². The molecule has 0 fully saturated rings. The van der Waals surface area contributed by atoms with E-state index in [9.17, 15) is 0 Å². The highest BCUT2D eigenvalue weighted by molar-refractivity contribution is 7.71. The van der Waals surface area contributed by atoms with Crippen LogP contribution in [0.1, 0.15) is 0 Å². The summed E-state index contributed by atoms with van der Waals surface area (Å²) in [4.78, 5) is 9.64. The molecular weight excluding hydrogens is 364 g/mol. The molecule has 0 spiro atoms. The van der Waals surface area contributed by atoms with Gasteiger partial charge in [-0.25, -0.2) is 4.99 Å². The average molecular weight is 380 g/mol. The second kappa shape index (κ2) is 6.87. The maximum Gasteiger partial charge on any atom is 0.239 e. The monoisotopic (exact) mass is 380 g/mol. The van der Waals surface area contributed by atoms with Gasteiger partial charge in [0.2, 0.25) is 5.62 Å². The van der Waals surface area contributed by atoms with Crippen LogP contribution in [0.15, 0.2) is 102 Å². The molecule has 5 aromatic rings. The Morgan fingerprint density at radius 1 is 0.750 bits per heavy atom. The SMILES string of the molecule is S=c1n(-c2ccccc2)c(=Nc2ccccc2)nc2cc3cccccc3n12. The lowest BCUT2D eigenvalue weighted by molar-refractivity contribution is 0.815. The summed E-state index contributed by atoms with van der Waals surface area (Å²) in [5.41, 5.74) is 4.13. The van der Waals surface area contributed by atoms with Crippen molar-refractivity contribution in [2.45, 2.75) is 0 Å². The van der Waals surface area contributed by atoms with Gasteiger partial charge in [0.25, 0.3) is 0 Å². The standard InChI is InChI=1S/C23H16N4S/c28-23-26(19-13-7-3-8-14-19)22(24-18-11-5-2-6-12-18)25-21-16-17-10-4-1-9-15-20(17)27(21)23/h1-16H. The first-order valence-electron chi connectivity index (χ1n) is 9.00. The van der Waals surface area contributed by atoms with E-state index in [1.165, 1.54) is 0 Å². The zero-order valence-electron chi connectivity index (χ0n) is 14.9. The summed E-state index contributed by atoms with van der Waals surface area (Å²) in [7, 11) is 0. The molecule has 0 bridgehead atoms. The Hall–Kier alpha value is -3.57. The summed E-state index contributed by atoms with van der Waals surface area (Å²) >= 11 is 5.92. The second-order valence-corrected chi connectivity index (χ2v) is 6.77. The van der Waals surface area contributed by atoms with Gasteiger partial charge in [-0.15, -0.1) is 0 Å². The van der Waals surface area contributed by atoms with E-state index in [1.54, 1.807) is 0 Å². The Morgan fingerprint density at radius 3 is 2.14 bits per heavy atom. The van der Waals surface area contributed by atoms with E-state index < -0.39 is 0 Å². The van der Waals surface area contributed by atoms with Crippen molar-refractivity contribution in [2.24, 2.45) is 4.99 Å². The maximum absolute atomic E-state index is 5.92. The first kappa shape index (κ1) is 16.6. The molecule has 0 amide bonds. The summed E-state index contributed by atoms with van der Waals surface area (Å²) in [6.07, 6.45) is 0. The number of fused-ring (bicyclic) bond motifs is 3. The number of hydrogen-bond donors (Lipinski definition) is 0. The predicted octanol–water partition coefficient (Wildman–Crippen LogP) is 5.24. The molecule has 0 saturated heterocycles. The Balaban J connectivity index is 1.96. The van der Waals surface area contributed by atoms with Crippen LogP contribution < -0.4 is 5.62 Å². The Kier molecular flexibility index (Phi) is 4.07. The van der Waals surface area contributed by atoms with E-state index in [4.69, 9.17) is 22.2 Å². The number of aromatic nitrogens is 3. The van der Waals surface area contributed by atoms with Crippen molar-refractivity contribution in [1.82, 2.24) is 14.0 Å². The van der Waals surface area contributed by atoms with Crippen LogP contribution in [-0.4, -0.2) is 14.0 Å². The molecule has 3 aromatic carbocycles. The molecule has 0 aliphatic heterocycles. The van der Waals surface area contributed by atoms with Crippen LogP contribution in [0.25, 0.3) is 22.2 Å². The molecule has 4 nitrogen and oxygen atoms in total. The minimum atomic E-state index is 0.557. The molecular formula is C23H16N4S. The molecule has 0 aliphatic carbocycles. The average Bonchev–Trinajstić information content (AvgIpc) is 2.91. The van der Waals surface area contributed by atoms with Crippen LogP contribution in [0.3, 0.4) is 0 Å². The van der Waals surface area contributed by atoms with Crippen molar-refractivity contribution in [3.63, 3.8) is 0 Å². The zero-order valence-corrected chi connectivity index (χ0v) is 15.8. The lowest BCUT2D eigenvalue weighted by Crippen LogP contribution is -2.25. The van der Waals surface area contributed by atoms with Crippen molar-refractivity contribution < 1.29 is 0 Å². The fourth-order valence-corrected chi connectivity index (χ4v) is 3.70. The molecule has 2 heterocycles. The van der Waals surface area contributed by atoms with Gasteiger partial charge in [-0.05, 0) is 48.6 Å². The topological polar surface area (TPSA) is 34.6 Å². The lowest BCUT2D eigenvalue weighted by Gasteiger charge is -2.09. The summed E-state index contributed by atoms with van der Waals surface area (Å²) in [6, 6.07) is 32.0. The van der Waals surface area contributed by atoms with Crippen LogP contribution in [0.4, 0.5) is 5.69 Å². The minimum Gasteiger partial charge on any atom is -0.270 e. The fraction of sp³-hybridized carbons (Fsp3) is 0. The molecule has 2 aromatic heterocycles. The molecule has 134 valence electrons. The zero-order chi connectivity index (χ0) is 18.9. The molecule has 0 N–H and O–H groups in total. The Labute approximate surface area is 166 Å². The number of rotatable bonds is 2. The summed E-state index contributed by atoms with van der Waals surface area (Å²) in [5.74, 6) is 0. The molecule has 28 heavy (non-hydrogen) atoms. The van der Waals surface area contributed by atoms with E-state index in [0.29, 0.717) is 10.4 Å². The van der Waals surface area contributed by atoms with Gasteiger partial charge in [0.1, 0.15) is 5.65 Å². The van der Waals surface area contributed by atoms with E-state index >= 15 is 0 Å². The third kappa shape index (κ3) is 2.82. The second-order valence-electron chi connectivity index (χ2n) is 6.40. The van der Waals surface area contributed by atoms with Gasteiger partial charge in [-0.2, -0.15) is 4.98 Å². The first-order chi connectivity index (χ1) is 13.8. The van der Waals surface area contributed by atoms with E-state index in [-0.39, 0.29) is 0 Å². The maximum atomic E-state index is 5.92. The molecule has 0 aliphatic rings. The van der Waals surface area contributed by atoms with Gasteiger partial charge in [-0.1, -0.05) is 60.7 Å². The Bertz CT molecular complexity index is 1420. The van der Waals surface area contributed by atoms with E-state index in [1.807, 2.05) is 93.9 Å². The molecule has 0 radical (unpaired) electrons. The predicted molar refractivity (Wildman–Crippen MR) is 115 cm³/mol. The van der Waals surface area contributed by atoms with Crippen molar-refractivity contribution in [2.75, 3.05) is 0 Å². The number of para-hydroxylation sites is 2. The molecule has 0 saturated carbocycles. The van der Waals surface area contributed by atoms with Crippen molar-refractivity contribution in [3.8, 4) is 5.69 Å². The van der Waals surface area contributed by atoms with Gasteiger partial charge in [0.15, 0.2) is 4.77 Å². The largest absolute Gasteiger partial charge is 0.270 e. The van der Waals surface area contributed by atoms with Crippen molar-refractivity contribution in [3.05, 3.63) is 107 Å². The third-order valence-electron chi connectivity index (χ3n) is 4.60. The Morgan fingerprint density at radius 2 is 1.39 bits per heavy atom.